The van der Waals surface area contributed by atoms with Crippen LogP contribution in [0.4, 0.5) is 4.39 Å². The fourth-order valence-corrected chi connectivity index (χ4v) is 3.16. The van der Waals surface area contributed by atoms with E-state index < -0.39 is 23.3 Å². The maximum atomic E-state index is 13.1. The summed E-state index contributed by atoms with van der Waals surface area (Å²) in [6, 6.07) is 5.30. The van der Waals surface area contributed by atoms with E-state index in [0.717, 1.165) is 0 Å². The Morgan fingerprint density at radius 2 is 1.60 bits per heavy atom. The van der Waals surface area contributed by atoms with Gasteiger partial charge in [-0.3, -0.25) is 14.4 Å². The van der Waals surface area contributed by atoms with Gasteiger partial charge < -0.3 is 14.8 Å². The van der Waals surface area contributed by atoms with Crippen LogP contribution in [0.5, 0.6) is 0 Å². The van der Waals surface area contributed by atoms with Crippen LogP contribution in [0, 0.1) is 11.7 Å². The molecular weight excluding hydrogens is 385 g/mol. The van der Waals surface area contributed by atoms with Crippen LogP contribution in [-0.4, -0.2) is 34.9 Å². The van der Waals surface area contributed by atoms with Gasteiger partial charge in [-0.05, 0) is 44.4 Å². The number of halogens is 1. The second-order valence-corrected chi connectivity index (χ2v) is 8.28. The standard InChI is InChI=1S/C23H30FN3O3/c1-14(2)11-26(6)23(30)20-13-27(15(3)4)12-19(21(20)28)22(29)25-16(5)17-7-9-18(24)10-8-17/h7-10,12-16H,11H2,1-6H3,(H,25,29)/t16-/m0/s1. The van der Waals surface area contributed by atoms with E-state index in [1.165, 1.54) is 29.4 Å². The first-order chi connectivity index (χ1) is 14.0. The third-order valence-corrected chi connectivity index (χ3v) is 4.82. The van der Waals surface area contributed by atoms with Crippen molar-refractivity contribution < 1.29 is 14.0 Å². The van der Waals surface area contributed by atoms with Gasteiger partial charge in [0, 0.05) is 32.0 Å². The Kier molecular flexibility index (Phi) is 7.54. The van der Waals surface area contributed by atoms with Crippen molar-refractivity contribution in [2.45, 2.75) is 46.7 Å². The number of aromatic nitrogens is 1. The van der Waals surface area contributed by atoms with E-state index in [1.54, 1.807) is 30.7 Å². The number of nitrogens with zero attached hydrogens (tertiary/aromatic N) is 2. The zero-order chi connectivity index (χ0) is 22.6. The number of carbonyl (C=O) groups is 2. The van der Waals surface area contributed by atoms with Gasteiger partial charge in [0.2, 0.25) is 5.43 Å². The van der Waals surface area contributed by atoms with E-state index in [9.17, 15) is 18.8 Å². The molecule has 1 heterocycles. The smallest absolute Gasteiger partial charge is 0.259 e. The third-order valence-electron chi connectivity index (χ3n) is 4.82. The fraction of sp³-hybridized carbons (Fsp3) is 0.435. The molecule has 0 unspecified atom stereocenters. The molecule has 2 rings (SSSR count). The van der Waals surface area contributed by atoms with Gasteiger partial charge in [-0.25, -0.2) is 4.39 Å². The summed E-state index contributed by atoms with van der Waals surface area (Å²) in [5.74, 6) is -1.11. The molecule has 0 aliphatic rings. The maximum Gasteiger partial charge on any atom is 0.259 e. The normalized spacial score (nSPS) is 12.2. The summed E-state index contributed by atoms with van der Waals surface area (Å²) in [4.78, 5) is 40.3. The lowest BCUT2D eigenvalue weighted by atomic mass is 10.1. The van der Waals surface area contributed by atoms with Gasteiger partial charge in [-0.1, -0.05) is 26.0 Å². The van der Waals surface area contributed by atoms with E-state index in [1.807, 2.05) is 27.7 Å². The van der Waals surface area contributed by atoms with E-state index in [4.69, 9.17) is 0 Å². The highest BCUT2D eigenvalue weighted by molar-refractivity contribution is 5.99. The predicted molar refractivity (Wildman–Crippen MR) is 115 cm³/mol. The Labute approximate surface area is 176 Å². The summed E-state index contributed by atoms with van der Waals surface area (Å²) >= 11 is 0. The first kappa shape index (κ1) is 23.3. The monoisotopic (exact) mass is 415 g/mol. The van der Waals surface area contributed by atoms with Crippen LogP contribution in [0.2, 0.25) is 0 Å². The highest BCUT2D eigenvalue weighted by Crippen LogP contribution is 2.14. The first-order valence-corrected chi connectivity index (χ1v) is 10.1. The number of pyridine rings is 1. The number of amides is 2. The summed E-state index contributed by atoms with van der Waals surface area (Å²) < 4.78 is 14.8. The lowest BCUT2D eigenvalue weighted by Gasteiger charge is -2.21. The average molecular weight is 416 g/mol. The molecule has 0 saturated carbocycles. The summed E-state index contributed by atoms with van der Waals surface area (Å²) in [6.45, 7) is 10.0. The van der Waals surface area contributed by atoms with Crippen LogP contribution in [0.25, 0.3) is 0 Å². The molecule has 0 radical (unpaired) electrons. The number of hydrogen-bond donors (Lipinski definition) is 1. The summed E-state index contributed by atoms with van der Waals surface area (Å²) in [7, 11) is 1.64. The minimum Gasteiger partial charge on any atom is -0.350 e. The molecule has 2 amide bonds. The van der Waals surface area contributed by atoms with Gasteiger partial charge in [0.05, 0.1) is 6.04 Å². The van der Waals surface area contributed by atoms with E-state index >= 15 is 0 Å². The van der Waals surface area contributed by atoms with Crippen molar-refractivity contribution in [1.82, 2.24) is 14.8 Å². The van der Waals surface area contributed by atoms with E-state index in [-0.39, 0.29) is 28.9 Å². The molecule has 0 bridgehead atoms. The average Bonchev–Trinajstić information content (AvgIpc) is 2.67. The van der Waals surface area contributed by atoms with Crippen LogP contribution in [-0.2, 0) is 0 Å². The Hall–Kier alpha value is -2.96. The van der Waals surface area contributed by atoms with Gasteiger partial charge in [0.15, 0.2) is 0 Å². The topological polar surface area (TPSA) is 71.4 Å². The van der Waals surface area contributed by atoms with Crippen molar-refractivity contribution >= 4 is 11.8 Å². The van der Waals surface area contributed by atoms with Crippen molar-refractivity contribution in [3.8, 4) is 0 Å². The highest BCUT2D eigenvalue weighted by atomic mass is 19.1. The minimum atomic E-state index is -0.601. The lowest BCUT2D eigenvalue weighted by Crippen LogP contribution is -2.38. The summed E-state index contributed by atoms with van der Waals surface area (Å²) in [5, 5.41) is 2.77. The molecular formula is C23H30FN3O3. The van der Waals surface area contributed by atoms with Crippen LogP contribution in [0.1, 0.15) is 73.0 Å². The largest absolute Gasteiger partial charge is 0.350 e. The molecule has 162 valence electrons. The summed E-state index contributed by atoms with van der Waals surface area (Å²) in [6.07, 6.45) is 2.98. The van der Waals surface area contributed by atoms with Crippen LogP contribution in [0.3, 0.4) is 0 Å². The molecule has 2 aromatic rings. The molecule has 0 aliphatic carbocycles. The first-order valence-electron chi connectivity index (χ1n) is 10.1. The number of carbonyl (C=O) groups excluding carboxylic acids is 2. The van der Waals surface area contributed by atoms with Crippen LogP contribution >= 0.6 is 0 Å². The molecule has 1 aromatic heterocycles. The van der Waals surface area contributed by atoms with E-state index in [0.29, 0.717) is 12.1 Å². The number of benzene rings is 1. The van der Waals surface area contributed by atoms with Gasteiger partial charge in [0.25, 0.3) is 11.8 Å². The van der Waals surface area contributed by atoms with Gasteiger partial charge in [-0.2, -0.15) is 0 Å². The Morgan fingerprint density at radius 3 is 2.13 bits per heavy atom. The Balaban J connectivity index is 2.39. The molecule has 1 atom stereocenters. The van der Waals surface area contributed by atoms with Crippen molar-refractivity contribution in [2.24, 2.45) is 5.92 Å². The molecule has 0 spiro atoms. The second kappa shape index (κ2) is 9.69. The van der Waals surface area contributed by atoms with Gasteiger partial charge >= 0.3 is 0 Å². The van der Waals surface area contributed by atoms with Crippen molar-refractivity contribution in [2.75, 3.05) is 13.6 Å². The van der Waals surface area contributed by atoms with Crippen LogP contribution in [0.15, 0.2) is 41.5 Å². The van der Waals surface area contributed by atoms with Gasteiger partial charge in [0.1, 0.15) is 16.9 Å². The predicted octanol–water partition coefficient (Wildman–Crippen LogP) is 3.79. The highest BCUT2D eigenvalue weighted by Gasteiger charge is 2.23. The minimum absolute atomic E-state index is 0.0334. The quantitative estimate of drug-likeness (QED) is 0.748. The number of hydrogen-bond acceptors (Lipinski definition) is 3. The molecule has 6 nitrogen and oxygen atoms in total. The molecule has 1 aromatic carbocycles. The van der Waals surface area contributed by atoms with Crippen LogP contribution < -0.4 is 10.7 Å². The molecule has 0 saturated heterocycles. The van der Waals surface area contributed by atoms with Crippen molar-refractivity contribution in [3.63, 3.8) is 0 Å². The SMILES string of the molecule is CC(C)CN(C)C(=O)c1cn(C(C)C)cc(C(=O)N[C@@H](C)c2ccc(F)cc2)c1=O. The molecule has 0 aliphatic heterocycles. The fourth-order valence-electron chi connectivity index (χ4n) is 3.16. The lowest BCUT2D eigenvalue weighted by molar-refractivity contribution is 0.0777. The zero-order valence-corrected chi connectivity index (χ0v) is 18.4. The maximum absolute atomic E-state index is 13.1. The molecule has 0 fully saturated rings. The third kappa shape index (κ3) is 5.55. The number of nitrogens with one attached hydrogen (secondary N) is 1. The van der Waals surface area contributed by atoms with Gasteiger partial charge in [-0.15, -0.1) is 0 Å². The molecule has 30 heavy (non-hydrogen) atoms. The zero-order valence-electron chi connectivity index (χ0n) is 18.4. The summed E-state index contributed by atoms with van der Waals surface area (Å²) in [5.41, 5.74) is -0.0236. The van der Waals surface area contributed by atoms with Crippen molar-refractivity contribution in [3.05, 3.63) is 69.4 Å². The second-order valence-electron chi connectivity index (χ2n) is 8.28. The Morgan fingerprint density at radius 1 is 1.03 bits per heavy atom. The van der Waals surface area contributed by atoms with Crippen molar-refractivity contribution in [1.29, 1.82) is 0 Å². The molecule has 7 heteroatoms. The van der Waals surface area contributed by atoms with E-state index in [2.05, 4.69) is 5.32 Å². The Bertz CT molecular complexity index is 965. The molecule has 1 N–H and O–H groups in total. The number of rotatable bonds is 7.